The molecule has 1 heterocycles. The summed E-state index contributed by atoms with van der Waals surface area (Å²) in [6.45, 7) is 3.20. The van der Waals surface area contributed by atoms with Crippen LogP contribution in [0.1, 0.15) is 44.1 Å². The lowest BCUT2D eigenvalue weighted by atomic mass is 9.91. The molecule has 3 N–H and O–H groups in total. The van der Waals surface area contributed by atoms with Gasteiger partial charge in [-0.3, -0.25) is 9.59 Å². The number of nitrogens with zero attached hydrogens (tertiary/aromatic N) is 1. The van der Waals surface area contributed by atoms with Crippen molar-refractivity contribution in [3.63, 3.8) is 0 Å². The third-order valence-electron chi connectivity index (χ3n) is 5.63. The molecule has 0 unspecified atom stereocenters. The van der Waals surface area contributed by atoms with Gasteiger partial charge in [-0.05, 0) is 63.6 Å². The minimum absolute atomic E-state index is 0.250. The zero-order chi connectivity index (χ0) is 21.3. The summed E-state index contributed by atoms with van der Waals surface area (Å²) in [5.74, 6) is 0. The Morgan fingerprint density at radius 1 is 0.966 bits per heavy atom. The molecule has 0 amide bonds. The quantitative estimate of drug-likeness (QED) is 0.622. The molecule has 3 rings (SSSR count). The second kappa shape index (κ2) is 15.9. The van der Waals surface area contributed by atoms with Gasteiger partial charge in [0.15, 0.2) is 0 Å². The molecule has 0 aromatic heterocycles. The summed E-state index contributed by atoms with van der Waals surface area (Å²) >= 11 is 0. The number of carboxylic acid groups (broad SMARTS) is 2. The van der Waals surface area contributed by atoms with Gasteiger partial charge in [0.2, 0.25) is 0 Å². The summed E-state index contributed by atoms with van der Waals surface area (Å²) in [5.41, 5.74) is 1.46. The molecule has 1 aliphatic heterocycles. The minimum Gasteiger partial charge on any atom is -0.483 e. The number of carbonyl (C=O) groups is 2. The average Bonchev–Trinajstić information content (AvgIpc) is 2.76. The first kappa shape index (κ1) is 25.1. The molecule has 1 aromatic carbocycles. The normalized spacial score (nSPS) is 22.4. The van der Waals surface area contributed by atoms with Crippen LogP contribution in [0.25, 0.3) is 0 Å². The van der Waals surface area contributed by atoms with Gasteiger partial charge in [-0.15, -0.1) is 0 Å². The maximum Gasteiger partial charge on any atom is 0.290 e. The summed E-state index contributed by atoms with van der Waals surface area (Å²) in [6, 6.07) is 12.3. The van der Waals surface area contributed by atoms with E-state index in [0.29, 0.717) is 6.10 Å². The summed E-state index contributed by atoms with van der Waals surface area (Å²) in [7, 11) is 1.85. The number of hydrogen-bond donors (Lipinski definition) is 3. The Morgan fingerprint density at radius 2 is 1.48 bits per heavy atom. The Morgan fingerprint density at radius 3 is 2.00 bits per heavy atom. The first-order valence-corrected chi connectivity index (χ1v) is 10.4. The predicted molar refractivity (Wildman–Crippen MR) is 113 cm³/mol. The lowest BCUT2D eigenvalue weighted by Crippen LogP contribution is -2.47. The standard InChI is InChI=1S/C20H32N2O.2CH2O2/c1-23-20-9-7-18(8-10-20)21-19-12-15-22(16-13-19)14-11-17-5-3-2-4-6-17;2*2-1-3/h2-6,18-21H,7-16H2,1H3;2*1H,(H,2,3). The second-order valence-corrected chi connectivity index (χ2v) is 7.44. The fraction of sp³-hybridized carbons (Fsp3) is 0.636. The van der Waals surface area contributed by atoms with Crippen molar-refractivity contribution in [3.05, 3.63) is 35.9 Å². The monoisotopic (exact) mass is 408 g/mol. The molecular formula is C22H36N2O5. The fourth-order valence-electron chi connectivity index (χ4n) is 4.05. The molecule has 0 radical (unpaired) electrons. The molecule has 0 bridgehead atoms. The maximum absolute atomic E-state index is 8.36. The zero-order valence-electron chi connectivity index (χ0n) is 17.4. The zero-order valence-corrected chi connectivity index (χ0v) is 17.4. The van der Waals surface area contributed by atoms with Gasteiger partial charge < -0.3 is 25.2 Å². The Bertz CT molecular complexity index is 521. The highest BCUT2D eigenvalue weighted by Crippen LogP contribution is 2.22. The third kappa shape index (κ3) is 11.0. The highest BCUT2D eigenvalue weighted by molar-refractivity contribution is 5.33. The Balaban J connectivity index is 0.000000626. The van der Waals surface area contributed by atoms with E-state index in [2.05, 4.69) is 40.5 Å². The summed E-state index contributed by atoms with van der Waals surface area (Å²) < 4.78 is 5.47. The number of methoxy groups -OCH3 is 1. The smallest absolute Gasteiger partial charge is 0.290 e. The predicted octanol–water partition coefficient (Wildman–Crippen LogP) is 2.64. The van der Waals surface area contributed by atoms with Crippen LogP contribution in [-0.4, -0.2) is 73.0 Å². The van der Waals surface area contributed by atoms with E-state index in [1.54, 1.807) is 0 Å². The van der Waals surface area contributed by atoms with E-state index in [0.717, 1.165) is 12.1 Å². The number of nitrogens with one attached hydrogen (secondary N) is 1. The molecule has 7 heteroatoms. The molecule has 29 heavy (non-hydrogen) atoms. The number of piperidine rings is 1. The lowest BCUT2D eigenvalue weighted by Gasteiger charge is -2.36. The van der Waals surface area contributed by atoms with Crippen LogP contribution in [0, 0.1) is 0 Å². The SMILES string of the molecule is COC1CCC(NC2CCN(CCc3ccccc3)CC2)CC1.O=CO.O=CO. The van der Waals surface area contributed by atoms with Gasteiger partial charge in [0.1, 0.15) is 0 Å². The van der Waals surface area contributed by atoms with E-state index in [1.807, 2.05) is 7.11 Å². The van der Waals surface area contributed by atoms with Crippen LogP contribution in [0.3, 0.4) is 0 Å². The molecule has 7 nitrogen and oxygen atoms in total. The average molecular weight is 409 g/mol. The van der Waals surface area contributed by atoms with Gasteiger partial charge in [0.25, 0.3) is 12.9 Å². The van der Waals surface area contributed by atoms with Crippen molar-refractivity contribution in [2.24, 2.45) is 0 Å². The summed E-state index contributed by atoms with van der Waals surface area (Å²) in [4.78, 5) is 19.4. The van der Waals surface area contributed by atoms with Gasteiger partial charge in [0, 0.05) is 25.7 Å². The van der Waals surface area contributed by atoms with Crippen LogP contribution >= 0.6 is 0 Å². The van der Waals surface area contributed by atoms with Gasteiger partial charge in [-0.25, -0.2) is 0 Å². The number of rotatable bonds is 6. The highest BCUT2D eigenvalue weighted by Gasteiger charge is 2.25. The summed E-state index contributed by atoms with van der Waals surface area (Å²) in [6.07, 6.45) is 9.32. The van der Waals surface area contributed by atoms with Crippen molar-refractivity contribution in [1.29, 1.82) is 0 Å². The molecule has 164 valence electrons. The molecule has 1 aliphatic carbocycles. The first-order valence-electron chi connectivity index (χ1n) is 10.4. The molecular weight excluding hydrogens is 372 g/mol. The molecule has 2 fully saturated rings. The fourth-order valence-corrected chi connectivity index (χ4v) is 4.05. The molecule has 2 aliphatic rings. The van der Waals surface area contributed by atoms with Crippen molar-refractivity contribution in [2.75, 3.05) is 26.7 Å². The third-order valence-corrected chi connectivity index (χ3v) is 5.63. The highest BCUT2D eigenvalue weighted by atomic mass is 16.5. The van der Waals surface area contributed by atoms with E-state index in [9.17, 15) is 0 Å². The molecule has 0 atom stereocenters. The minimum atomic E-state index is -0.250. The Kier molecular flexibility index (Phi) is 13.8. The largest absolute Gasteiger partial charge is 0.483 e. The Labute approximate surface area is 174 Å². The van der Waals surface area contributed by atoms with Crippen molar-refractivity contribution in [3.8, 4) is 0 Å². The van der Waals surface area contributed by atoms with E-state index in [-0.39, 0.29) is 12.9 Å². The summed E-state index contributed by atoms with van der Waals surface area (Å²) in [5, 5.41) is 17.7. The van der Waals surface area contributed by atoms with Gasteiger partial charge in [0.05, 0.1) is 6.10 Å². The number of ether oxygens (including phenoxy) is 1. The number of likely N-dealkylation sites (tertiary alicyclic amines) is 1. The van der Waals surface area contributed by atoms with Crippen LogP contribution in [-0.2, 0) is 20.7 Å². The van der Waals surface area contributed by atoms with Crippen LogP contribution in [0.4, 0.5) is 0 Å². The van der Waals surface area contributed by atoms with E-state index in [1.165, 1.54) is 70.1 Å². The van der Waals surface area contributed by atoms with Gasteiger partial charge in [-0.1, -0.05) is 30.3 Å². The van der Waals surface area contributed by atoms with Crippen molar-refractivity contribution < 1.29 is 24.5 Å². The van der Waals surface area contributed by atoms with Crippen LogP contribution in [0.2, 0.25) is 0 Å². The molecule has 0 spiro atoms. The van der Waals surface area contributed by atoms with Crippen molar-refractivity contribution >= 4 is 12.9 Å². The van der Waals surface area contributed by atoms with Gasteiger partial charge in [-0.2, -0.15) is 0 Å². The topological polar surface area (TPSA) is 99.1 Å². The van der Waals surface area contributed by atoms with E-state index in [4.69, 9.17) is 24.5 Å². The van der Waals surface area contributed by atoms with Crippen molar-refractivity contribution in [2.45, 2.75) is 63.1 Å². The lowest BCUT2D eigenvalue weighted by molar-refractivity contribution is -0.123. The van der Waals surface area contributed by atoms with E-state index < -0.39 is 0 Å². The molecule has 1 saturated heterocycles. The second-order valence-electron chi connectivity index (χ2n) is 7.44. The van der Waals surface area contributed by atoms with Gasteiger partial charge >= 0.3 is 0 Å². The van der Waals surface area contributed by atoms with Crippen LogP contribution < -0.4 is 5.32 Å². The maximum atomic E-state index is 8.36. The first-order chi connectivity index (χ1) is 14.2. The number of benzene rings is 1. The Hall–Kier alpha value is -1.96. The van der Waals surface area contributed by atoms with Crippen LogP contribution in [0.15, 0.2) is 30.3 Å². The van der Waals surface area contributed by atoms with Crippen LogP contribution in [0.5, 0.6) is 0 Å². The van der Waals surface area contributed by atoms with Crippen molar-refractivity contribution in [1.82, 2.24) is 10.2 Å². The van der Waals surface area contributed by atoms with E-state index >= 15 is 0 Å². The molecule has 1 saturated carbocycles. The molecule has 1 aromatic rings. The number of hydrogen-bond acceptors (Lipinski definition) is 5.